The highest BCUT2D eigenvalue weighted by molar-refractivity contribution is 6.36. The summed E-state index contributed by atoms with van der Waals surface area (Å²) in [5.74, 6) is -0.451. The summed E-state index contributed by atoms with van der Waals surface area (Å²) in [6, 6.07) is 5.17. The van der Waals surface area contributed by atoms with Crippen LogP contribution in [0.15, 0.2) is 18.2 Å². The van der Waals surface area contributed by atoms with Gasteiger partial charge in [0.25, 0.3) is 0 Å². The molecule has 0 bridgehead atoms. The van der Waals surface area contributed by atoms with Crippen LogP contribution < -0.4 is 5.32 Å². The van der Waals surface area contributed by atoms with Crippen LogP contribution in [-0.4, -0.2) is 19.6 Å². The molecular weight excluding hydrogens is 296 g/mol. The zero-order valence-electron chi connectivity index (χ0n) is 9.78. The monoisotopic (exact) mass is 309 g/mol. The molecule has 1 N–H and O–H groups in total. The van der Waals surface area contributed by atoms with Gasteiger partial charge in [-0.1, -0.05) is 29.3 Å². The average molecular weight is 311 g/mol. The van der Waals surface area contributed by atoms with Gasteiger partial charge in [-0.05, 0) is 25.1 Å². The first-order chi connectivity index (χ1) is 8.15. The second-order valence-electron chi connectivity index (χ2n) is 3.99. The molecule has 2 rings (SSSR count). The Bertz CT molecular complexity index is 419. The van der Waals surface area contributed by atoms with E-state index in [1.807, 2.05) is 0 Å². The third-order valence-electron chi connectivity index (χ3n) is 3.04. The number of benzene rings is 1. The molecule has 1 saturated heterocycles. The maximum Gasteiger partial charge on any atom is 0.310 e. The van der Waals surface area contributed by atoms with Gasteiger partial charge in [-0.2, -0.15) is 0 Å². The van der Waals surface area contributed by atoms with Crippen molar-refractivity contribution in [2.45, 2.75) is 12.5 Å². The van der Waals surface area contributed by atoms with Crippen molar-refractivity contribution in [3.8, 4) is 0 Å². The smallest absolute Gasteiger partial charge is 0.310 e. The summed E-state index contributed by atoms with van der Waals surface area (Å²) >= 11 is 12.3. The van der Waals surface area contributed by atoms with Crippen molar-refractivity contribution < 1.29 is 9.53 Å². The summed E-state index contributed by atoms with van der Waals surface area (Å²) in [5.41, 5.74) is 0.781. The highest BCUT2D eigenvalue weighted by Gasteiger charge is 2.36. The van der Waals surface area contributed by atoms with Crippen molar-refractivity contribution in [3.63, 3.8) is 0 Å². The van der Waals surface area contributed by atoms with E-state index in [0.29, 0.717) is 10.0 Å². The SMILES string of the molecule is COC(=O)[C@H]1CCNC1c1c(Cl)cccc1Cl.Cl. The van der Waals surface area contributed by atoms with Gasteiger partial charge in [-0.3, -0.25) is 4.79 Å². The molecule has 0 radical (unpaired) electrons. The fraction of sp³-hybridized carbons (Fsp3) is 0.417. The highest BCUT2D eigenvalue weighted by atomic mass is 35.5. The van der Waals surface area contributed by atoms with Crippen LogP contribution in [0.25, 0.3) is 0 Å². The molecule has 1 fully saturated rings. The lowest BCUT2D eigenvalue weighted by molar-refractivity contribution is -0.145. The van der Waals surface area contributed by atoms with Crippen LogP contribution in [0.4, 0.5) is 0 Å². The van der Waals surface area contributed by atoms with Crippen LogP contribution in [0, 0.1) is 5.92 Å². The average Bonchev–Trinajstić information content (AvgIpc) is 2.77. The lowest BCUT2D eigenvalue weighted by atomic mass is 9.94. The highest BCUT2D eigenvalue weighted by Crippen LogP contribution is 2.38. The van der Waals surface area contributed by atoms with E-state index in [4.69, 9.17) is 27.9 Å². The van der Waals surface area contributed by atoms with Gasteiger partial charge in [-0.25, -0.2) is 0 Å². The number of rotatable bonds is 2. The van der Waals surface area contributed by atoms with E-state index in [0.717, 1.165) is 18.5 Å². The van der Waals surface area contributed by atoms with Crippen molar-refractivity contribution in [1.29, 1.82) is 0 Å². The molecule has 0 aromatic heterocycles. The first-order valence-corrected chi connectivity index (χ1v) is 6.16. The van der Waals surface area contributed by atoms with Gasteiger partial charge in [0.15, 0.2) is 0 Å². The minimum absolute atomic E-state index is 0. The Hall–Kier alpha value is -0.480. The molecule has 6 heteroatoms. The molecule has 100 valence electrons. The van der Waals surface area contributed by atoms with E-state index in [2.05, 4.69) is 5.32 Å². The number of halogens is 3. The number of carbonyl (C=O) groups excluding carboxylic acids is 1. The van der Waals surface area contributed by atoms with E-state index in [1.54, 1.807) is 18.2 Å². The van der Waals surface area contributed by atoms with Crippen molar-refractivity contribution in [3.05, 3.63) is 33.8 Å². The molecule has 2 atom stereocenters. The molecule has 1 heterocycles. The molecule has 0 spiro atoms. The Kier molecular flexibility index (Phi) is 5.73. The second-order valence-corrected chi connectivity index (χ2v) is 4.80. The van der Waals surface area contributed by atoms with Crippen LogP contribution in [0.5, 0.6) is 0 Å². The normalized spacial score (nSPS) is 22.4. The Labute approximate surface area is 122 Å². The van der Waals surface area contributed by atoms with Crippen molar-refractivity contribution in [2.24, 2.45) is 5.92 Å². The summed E-state index contributed by atoms with van der Waals surface area (Å²) in [4.78, 5) is 11.7. The number of ether oxygens (including phenoxy) is 1. The lowest BCUT2D eigenvalue weighted by Crippen LogP contribution is -2.25. The fourth-order valence-electron chi connectivity index (χ4n) is 2.22. The molecular formula is C12H14Cl3NO2. The number of hydrogen-bond donors (Lipinski definition) is 1. The summed E-state index contributed by atoms with van der Waals surface area (Å²) in [6.45, 7) is 0.756. The van der Waals surface area contributed by atoms with Crippen LogP contribution in [0.2, 0.25) is 10.0 Å². The Morgan fingerprint density at radius 1 is 1.39 bits per heavy atom. The topological polar surface area (TPSA) is 38.3 Å². The number of nitrogens with one attached hydrogen (secondary N) is 1. The van der Waals surface area contributed by atoms with Crippen LogP contribution in [0.3, 0.4) is 0 Å². The number of hydrogen-bond acceptors (Lipinski definition) is 3. The molecule has 0 saturated carbocycles. The van der Waals surface area contributed by atoms with Gasteiger partial charge in [0.2, 0.25) is 0 Å². The first kappa shape index (κ1) is 15.6. The van der Waals surface area contributed by atoms with Crippen molar-refractivity contribution in [1.82, 2.24) is 5.32 Å². The van der Waals surface area contributed by atoms with E-state index in [-0.39, 0.29) is 30.3 Å². The molecule has 18 heavy (non-hydrogen) atoms. The second kappa shape index (κ2) is 6.62. The zero-order chi connectivity index (χ0) is 12.4. The van der Waals surface area contributed by atoms with Gasteiger partial charge < -0.3 is 10.1 Å². The molecule has 1 aromatic carbocycles. The van der Waals surface area contributed by atoms with Crippen molar-refractivity contribution in [2.75, 3.05) is 13.7 Å². The lowest BCUT2D eigenvalue weighted by Gasteiger charge is -2.20. The number of carbonyl (C=O) groups is 1. The third-order valence-corrected chi connectivity index (χ3v) is 3.70. The number of esters is 1. The standard InChI is InChI=1S/C12H13Cl2NO2.ClH/c1-17-12(16)7-5-6-15-11(7)10-8(13)3-2-4-9(10)14;/h2-4,7,11,15H,5-6H2,1H3;1H/t7-,11?;/m0./s1. The zero-order valence-corrected chi connectivity index (χ0v) is 12.1. The Balaban J connectivity index is 0.00000162. The summed E-state index contributed by atoms with van der Waals surface area (Å²) < 4.78 is 4.80. The van der Waals surface area contributed by atoms with E-state index >= 15 is 0 Å². The summed E-state index contributed by atoms with van der Waals surface area (Å²) in [7, 11) is 1.39. The van der Waals surface area contributed by atoms with Crippen molar-refractivity contribution >= 4 is 41.6 Å². The fourth-order valence-corrected chi connectivity index (χ4v) is 2.85. The predicted octanol–water partition coefficient (Wildman–Crippen LogP) is 3.24. The van der Waals surface area contributed by atoms with Gasteiger partial charge in [0.05, 0.1) is 13.0 Å². The summed E-state index contributed by atoms with van der Waals surface area (Å²) in [5, 5.41) is 4.40. The molecule has 3 nitrogen and oxygen atoms in total. The molecule has 0 aliphatic carbocycles. The maximum absolute atomic E-state index is 11.7. The van der Waals surface area contributed by atoms with E-state index < -0.39 is 0 Å². The largest absolute Gasteiger partial charge is 0.469 e. The third kappa shape index (κ3) is 2.91. The molecule has 1 aliphatic rings. The molecule has 1 aromatic rings. The van der Waals surface area contributed by atoms with Crippen LogP contribution in [-0.2, 0) is 9.53 Å². The summed E-state index contributed by atoms with van der Waals surface area (Å²) in [6.07, 6.45) is 0.735. The van der Waals surface area contributed by atoms with Gasteiger partial charge in [0.1, 0.15) is 0 Å². The van der Waals surface area contributed by atoms with Gasteiger partial charge in [-0.15, -0.1) is 12.4 Å². The molecule has 1 aliphatic heterocycles. The maximum atomic E-state index is 11.7. The molecule has 1 unspecified atom stereocenters. The number of methoxy groups -OCH3 is 1. The van der Waals surface area contributed by atoms with Gasteiger partial charge >= 0.3 is 5.97 Å². The van der Waals surface area contributed by atoms with E-state index in [1.165, 1.54) is 7.11 Å². The quantitative estimate of drug-likeness (QED) is 0.852. The first-order valence-electron chi connectivity index (χ1n) is 5.40. The Morgan fingerprint density at radius 2 is 2.00 bits per heavy atom. The van der Waals surface area contributed by atoms with Crippen LogP contribution in [0.1, 0.15) is 18.0 Å². The predicted molar refractivity (Wildman–Crippen MR) is 74.6 cm³/mol. The van der Waals surface area contributed by atoms with Crippen LogP contribution >= 0.6 is 35.6 Å². The molecule has 0 amide bonds. The minimum atomic E-state index is -0.226. The Morgan fingerprint density at radius 3 is 2.56 bits per heavy atom. The van der Waals surface area contributed by atoms with Gasteiger partial charge in [0, 0.05) is 21.7 Å². The van der Waals surface area contributed by atoms with E-state index in [9.17, 15) is 4.79 Å². The minimum Gasteiger partial charge on any atom is -0.469 e.